The zero-order valence-electron chi connectivity index (χ0n) is 12.5. The molecule has 1 aromatic rings. The molecule has 0 fully saturated rings. The molecule has 5 nitrogen and oxygen atoms in total. The van der Waals surface area contributed by atoms with Crippen LogP contribution >= 0.6 is 0 Å². The first kappa shape index (κ1) is 17.2. The SMILES string of the molecule is COC(=O)CC(N)CCCCCNC(=O)c1ccccc1. The fourth-order valence-corrected chi connectivity index (χ4v) is 2.00. The average Bonchev–Trinajstić information content (AvgIpc) is 2.51. The third-order valence-electron chi connectivity index (χ3n) is 3.23. The first-order chi connectivity index (χ1) is 10.1. The minimum absolute atomic E-state index is 0.0435. The van der Waals surface area contributed by atoms with Gasteiger partial charge in [-0.1, -0.05) is 31.0 Å². The van der Waals surface area contributed by atoms with Crippen molar-refractivity contribution >= 4 is 11.9 Å². The highest BCUT2D eigenvalue weighted by Gasteiger charge is 2.09. The van der Waals surface area contributed by atoms with Gasteiger partial charge in [0.25, 0.3) is 5.91 Å². The van der Waals surface area contributed by atoms with Crippen molar-refractivity contribution in [3.05, 3.63) is 35.9 Å². The summed E-state index contributed by atoms with van der Waals surface area (Å²) in [5.41, 5.74) is 6.50. The molecule has 0 heterocycles. The van der Waals surface area contributed by atoms with Crippen molar-refractivity contribution in [2.45, 2.75) is 38.1 Å². The minimum atomic E-state index is -0.266. The van der Waals surface area contributed by atoms with Crippen molar-refractivity contribution < 1.29 is 14.3 Å². The van der Waals surface area contributed by atoms with E-state index >= 15 is 0 Å². The molecule has 1 aromatic carbocycles. The Labute approximate surface area is 125 Å². The lowest BCUT2D eigenvalue weighted by molar-refractivity contribution is -0.141. The maximum absolute atomic E-state index is 11.8. The predicted molar refractivity (Wildman–Crippen MR) is 81.9 cm³/mol. The lowest BCUT2D eigenvalue weighted by Gasteiger charge is -2.10. The van der Waals surface area contributed by atoms with Crippen LogP contribution < -0.4 is 11.1 Å². The molecule has 1 rings (SSSR count). The largest absolute Gasteiger partial charge is 0.469 e. The maximum Gasteiger partial charge on any atom is 0.307 e. The highest BCUT2D eigenvalue weighted by Crippen LogP contribution is 2.05. The normalized spacial score (nSPS) is 11.7. The van der Waals surface area contributed by atoms with Crippen LogP contribution in [0.15, 0.2) is 30.3 Å². The molecule has 0 bridgehead atoms. The Kier molecular flexibility index (Phi) is 8.12. The highest BCUT2D eigenvalue weighted by molar-refractivity contribution is 5.94. The van der Waals surface area contributed by atoms with Crippen molar-refractivity contribution in [1.29, 1.82) is 0 Å². The Bertz CT molecular complexity index is 434. The third kappa shape index (κ3) is 7.46. The minimum Gasteiger partial charge on any atom is -0.469 e. The molecule has 0 spiro atoms. The van der Waals surface area contributed by atoms with E-state index < -0.39 is 0 Å². The smallest absolute Gasteiger partial charge is 0.307 e. The number of carbonyl (C=O) groups excluding carboxylic acids is 2. The number of ether oxygens (including phenoxy) is 1. The summed E-state index contributed by atoms with van der Waals surface area (Å²) < 4.78 is 4.57. The molecule has 1 atom stereocenters. The summed E-state index contributed by atoms with van der Waals surface area (Å²) in [6.07, 6.45) is 3.88. The van der Waals surface area contributed by atoms with Crippen molar-refractivity contribution in [3.63, 3.8) is 0 Å². The van der Waals surface area contributed by atoms with Gasteiger partial charge in [-0.3, -0.25) is 9.59 Å². The van der Waals surface area contributed by atoms with E-state index in [1.165, 1.54) is 7.11 Å². The van der Waals surface area contributed by atoms with Crippen LogP contribution in [-0.2, 0) is 9.53 Å². The first-order valence-corrected chi connectivity index (χ1v) is 7.29. The zero-order valence-corrected chi connectivity index (χ0v) is 12.5. The molecule has 21 heavy (non-hydrogen) atoms. The summed E-state index contributed by atoms with van der Waals surface area (Å²) >= 11 is 0. The van der Waals surface area contributed by atoms with E-state index in [1.54, 1.807) is 12.1 Å². The van der Waals surface area contributed by atoms with E-state index in [0.717, 1.165) is 25.7 Å². The van der Waals surface area contributed by atoms with Crippen LogP contribution in [0.25, 0.3) is 0 Å². The van der Waals surface area contributed by atoms with Crippen molar-refractivity contribution in [2.24, 2.45) is 5.73 Å². The fourth-order valence-electron chi connectivity index (χ4n) is 2.00. The van der Waals surface area contributed by atoms with E-state index in [0.29, 0.717) is 12.1 Å². The second-order valence-electron chi connectivity index (χ2n) is 5.01. The number of hydrogen-bond donors (Lipinski definition) is 2. The number of unbranched alkanes of at least 4 members (excludes halogenated alkanes) is 2. The van der Waals surface area contributed by atoms with Gasteiger partial charge in [-0.15, -0.1) is 0 Å². The zero-order chi connectivity index (χ0) is 15.5. The highest BCUT2D eigenvalue weighted by atomic mass is 16.5. The van der Waals surface area contributed by atoms with Crippen LogP contribution in [0.1, 0.15) is 42.5 Å². The third-order valence-corrected chi connectivity index (χ3v) is 3.23. The molecule has 0 saturated heterocycles. The second-order valence-corrected chi connectivity index (χ2v) is 5.01. The van der Waals surface area contributed by atoms with Gasteiger partial charge in [0.1, 0.15) is 0 Å². The van der Waals surface area contributed by atoms with Crippen LogP contribution in [0.4, 0.5) is 0 Å². The van der Waals surface area contributed by atoms with E-state index in [9.17, 15) is 9.59 Å². The molecule has 0 aliphatic heterocycles. The Hall–Kier alpha value is -1.88. The van der Waals surface area contributed by atoms with E-state index in [1.807, 2.05) is 18.2 Å². The Morgan fingerprint density at radius 3 is 2.57 bits per heavy atom. The second kappa shape index (κ2) is 9.94. The van der Waals surface area contributed by atoms with Gasteiger partial charge < -0.3 is 15.8 Å². The summed E-state index contributed by atoms with van der Waals surface area (Å²) in [5.74, 6) is -0.310. The molecule has 0 aliphatic rings. The number of methoxy groups -OCH3 is 1. The van der Waals surface area contributed by atoms with Gasteiger partial charge in [-0.05, 0) is 25.0 Å². The Morgan fingerprint density at radius 2 is 1.90 bits per heavy atom. The molecule has 116 valence electrons. The Morgan fingerprint density at radius 1 is 1.19 bits per heavy atom. The monoisotopic (exact) mass is 292 g/mol. The van der Waals surface area contributed by atoms with Gasteiger partial charge in [-0.2, -0.15) is 0 Å². The lowest BCUT2D eigenvalue weighted by Crippen LogP contribution is -2.25. The topological polar surface area (TPSA) is 81.4 Å². The first-order valence-electron chi connectivity index (χ1n) is 7.29. The molecular formula is C16H24N2O3. The van der Waals surface area contributed by atoms with Crippen LogP contribution in [-0.4, -0.2) is 31.6 Å². The summed E-state index contributed by atoms with van der Waals surface area (Å²) in [4.78, 5) is 22.8. The molecule has 3 N–H and O–H groups in total. The molecular weight excluding hydrogens is 268 g/mol. The number of hydrogen-bond acceptors (Lipinski definition) is 4. The number of benzene rings is 1. The molecule has 0 radical (unpaired) electrons. The van der Waals surface area contributed by atoms with E-state index in [4.69, 9.17) is 5.73 Å². The number of rotatable bonds is 9. The average molecular weight is 292 g/mol. The van der Waals surface area contributed by atoms with Crippen LogP contribution in [0.2, 0.25) is 0 Å². The number of carbonyl (C=O) groups is 2. The number of amides is 1. The van der Waals surface area contributed by atoms with E-state index in [-0.39, 0.29) is 24.3 Å². The molecule has 1 unspecified atom stereocenters. The number of nitrogens with two attached hydrogens (primary N) is 1. The van der Waals surface area contributed by atoms with Crippen molar-refractivity contribution in [1.82, 2.24) is 5.32 Å². The predicted octanol–water partition coefficient (Wildman–Crippen LogP) is 1.87. The lowest BCUT2D eigenvalue weighted by atomic mass is 10.1. The van der Waals surface area contributed by atoms with Crippen LogP contribution in [0.5, 0.6) is 0 Å². The number of esters is 1. The van der Waals surface area contributed by atoms with Gasteiger partial charge in [0.2, 0.25) is 0 Å². The summed E-state index contributed by atoms with van der Waals surface area (Å²) in [5, 5.41) is 2.88. The molecule has 0 aliphatic carbocycles. The van der Waals surface area contributed by atoms with Crippen molar-refractivity contribution in [2.75, 3.05) is 13.7 Å². The summed E-state index contributed by atoms with van der Waals surface area (Å²) in [7, 11) is 1.37. The summed E-state index contributed by atoms with van der Waals surface area (Å²) in [6.45, 7) is 0.653. The van der Waals surface area contributed by atoms with E-state index in [2.05, 4.69) is 10.1 Å². The van der Waals surface area contributed by atoms with Gasteiger partial charge in [0.15, 0.2) is 0 Å². The molecule has 1 amide bonds. The van der Waals surface area contributed by atoms with Crippen LogP contribution in [0, 0.1) is 0 Å². The standard InChI is InChI=1S/C16H24N2O3/c1-21-15(19)12-14(17)10-6-3-7-11-18-16(20)13-8-4-2-5-9-13/h2,4-5,8-9,14H,3,6-7,10-12,17H2,1H3,(H,18,20). The van der Waals surface area contributed by atoms with Gasteiger partial charge in [-0.25, -0.2) is 0 Å². The maximum atomic E-state index is 11.8. The van der Waals surface area contributed by atoms with Crippen molar-refractivity contribution in [3.8, 4) is 0 Å². The number of nitrogens with one attached hydrogen (secondary N) is 1. The fraction of sp³-hybridized carbons (Fsp3) is 0.500. The Balaban J connectivity index is 2.05. The summed E-state index contributed by atoms with van der Waals surface area (Å²) in [6, 6.07) is 9.02. The van der Waals surface area contributed by atoms with Gasteiger partial charge in [0.05, 0.1) is 13.5 Å². The molecule has 0 saturated carbocycles. The van der Waals surface area contributed by atoms with Gasteiger partial charge in [0, 0.05) is 18.2 Å². The van der Waals surface area contributed by atoms with Gasteiger partial charge >= 0.3 is 5.97 Å². The molecule has 0 aromatic heterocycles. The molecule has 5 heteroatoms. The van der Waals surface area contributed by atoms with Crippen LogP contribution in [0.3, 0.4) is 0 Å². The quantitative estimate of drug-likeness (QED) is 0.538.